The van der Waals surface area contributed by atoms with Gasteiger partial charge < -0.3 is 14.8 Å². The molecule has 1 aromatic heterocycles. The molecule has 1 amide bonds. The molecule has 27 heavy (non-hydrogen) atoms. The molecule has 1 N–H and O–H groups in total. The van der Waals surface area contributed by atoms with Crippen LogP contribution in [0.1, 0.15) is 5.01 Å². The second kappa shape index (κ2) is 7.94. The predicted molar refractivity (Wildman–Crippen MR) is 105 cm³/mol. The number of hydrogen-bond acceptors (Lipinski definition) is 6. The summed E-state index contributed by atoms with van der Waals surface area (Å²) in [7, 11) is 1.92. The maximum Gasteiger partial charge on any atom is 0.234 e. The van der Waals surface area contributed by atoms with Crippen molar-refractivity contribution in [1.29, 1.82) is 0 Å². The molecular weight excluding hydrogens is 362 g/mol. The van der Waals surface area contributed by atoms with Crippen LogP contribution in [0, 0.1) is 0 Å². The Balaban J connectivity index is 1.24. The van der Waals surface area contributed by atoms with Gasteiger partial charge in [-0.15, -0.1) is 11.3 Å². The molecule has 4 rings (SSSR count). The quantitative estimate of drug-likeness (QED) is 0.709. The van der Waals surface area contributed by atoms with E-state index in [-0.39, 0.29) is 12.0 Å². The molecule has 0 radical (unpaired) electrons. The van der Waals surface area contributed by atoms with Crippen LogP contribution < -0.4 is 14.8 Å². The van der Waals surface area contributed by atoms with Crippen LogP contribution in [0.2, 0.25) is 0 Å². The molecule has 0 fully saturated rings. The second-order valence-electron chi connectivity index (χ2n) is 6.55. The van der Waals surface area contributed by atoms with Crippen molar-refractivity contribution >= 4 is 27.5 Å². The number of rotatable bonds is 6. The number of thiazole rings is 1. The highest BCUT2D eigenvalue weighted by atomic mass is 32.1. The van der Waals surface area contributed by atoms with Gasteiger partial charge in [-0.25, -0.2) is 4.98 Å². The van der Waals surface area contributed by atoms with Crippen LogP contribution in [0.4, 0.5) is 0 Å². The van der Waals surface area contributed by atoms with E-state index >= 15 is 0 Å². The highest BCUT2D eigenvalue weighted by Crippen LogP contribution is 2.30. The van der Waals surface area contributed by atoms with Gasteiger partial charge in [-0.2, -0.15) is 0 Å². The van der Waals surface area contributed by atoms with Gasteiger partial charge in [0.2, 0.25) is 5.91 Å². The highest BCUT2D eigenvalue weighted by molar-refractivity contribution is 7.18. The summed E-state index contributed by atoms with van der Waals surface area (Å²) in [6.45, 7) is 1.80. The first-order valence-electron chi connectivity index (χ1n) is 8.85. The number of aromatic nitrogens is 1. The Bertz CT molecular complexity index is 910. The van der Waals surface area contributed by atoms with Gasteiger partial charge in [-0.3, -0.25) is 9.69 Å². The van der Waals surface area contributed by atoms with Crippen LogP contribution in [-0.4, -0.2) is 48.6 Å². The van der Waals surface area contributed by atoms with Crippen molar-refractivity contribution in [3.8, 4) is 11.5 Å². The zero-order valence-electron chi connectivity index (χ0n) is 15.1. The molecule has 6 nitrogen and oxygen atoms in total. The molecule has 3 aromatic rings. The minimum atomic E-state index is -0.182. The lowest BCUT2D eigenvalue weighted by Crippen LogP contribution is -2.43. The molecule has 0 aliphatic carbocycles. The number of para-hydroxylation sites is 3. The van der Waals surface area contributed by atoms with E-state index in [4.69, 9.17) is 9.47 Å². The Morgan fingerprint density at radius 2 is 2.00 bits per heavy atom. The van der Waals surface area contributed by atoms with Crippen molar-refractivity contribution in [3.63, 3.8) is 0 Å². The number of likely N-dealkylation sites (N-methyl/N-ethyl adjacent to an activating group) is 1. The summed E-state index contributed by atoms with van der Waals surface area (Å²) in [6.07, 6.45) is -0.182. The van der Waals surface area contributed by atoms with Crippen molar-refractivity contribution < 1.29 is 14.3 Å². The van der Waals surface area contributed by atoms with E-state index in [0.717, 1.165) is 22.0 Å². The fraction of sp³-hybridized carbons (Fsp3) is 0.300. The summed E-state index contributed by atoms with van der Waals surface area (Å²) in [5.74, 6) is 1.42. The van der Waals surface area contributed by atoms with Gasteiger partial charge in [-0.05, 0) is 31.3 Å². The number of hydrogen-bond donors (Lipinski definition) is 1. The van der Waals surface area contributed by atoms with Gasteiger partial charge in [0, 0.05) is 0 Å². The summed E-state index contributed by atoms with van der Waals surface area (Å²) < 4.78 is 12.7. The molecule has 1 atom stereocenters. The third-order valence-corrected chi connectivity index (χ3v) is 5.27. The molecule has 2 heterocycles. The average Bonchev–Trinajstić information content (AvgIpc) is 3.08. The van der Waals surface area contributed by atoms with Crippen LogP contribution in [0.3, 0.4) is 0 Å². The first-order valence-corrected chi connectivity index (χ1v) is 9.67. The van der Waals surface area contributed by atoms with Crippen molar-refractivity contribution in [2.75, 3.05) is 26.7 Å². The lowest BCUT2D eigenvalue weighted by Gasteiger charge is -2.26. The molecule has 0 bridgehead atoms. The van der Waals surface area contributed by atoms with E-state index in [2.05, 4.69) is 16.4 Å². The lowest BCUT2D eigenvalue weighted by molar-refractivity contribution is -0.122. The highest BCUT2D eigenvalue weighted by Gasteiger charge is 2.21. The van der Waals surface area contributed by atoms with Gasteiger partial charge in [0.25, 0.3) is 0 Å². The molecule has 140 valence electrons. The Morgan fingerprint density at radius 3 is 2.85 bits per heavy atom. The minimum absolute atomic E-state index is 0.0407. The van der Waals surface area contributed by atoms with Gasteiger partial charge in [0.1, 0.15) is 17.7 Å². The van der Waals surface area contributed by atoms with Crippen LogP contribution in [0.5, 0.6) is 11.5 Å². The molecular formula is C20H21N3O3S. The van der Waals surface area contributed by atoms with Gasteiger partial charge >= 0.3 is 0 Å². The predicted octanol–water partition coefficient (Wildman–Crippen LogP) is 2.68. The lowest BCUT2D eigenvalue weighted by atomic mass is 10.2. The fourth-order valence-corrected chi connectivity index (χ4v) is 4.01. The second-order valence-corrected chi connectivity index (χ2v) is 7.66. The Labute approximate surface area is 161 Å². The number of fused-ring (bicyclic) bond motifs is 2. The van der Waals surface area contributed by atoms with E-state index in [0.29, 0.717) is 26.2 Å². The molecule has 0 saturated carbocycles. The summed E-state index contributed by atoms with van der Waals surface area (Å²) >= 11 is 1.66. The van der Waals surface area contributed by atoms with Crippen molar-refractivity contribution in [1.82, 2.24) is 15.2 Å². The number of amides is 1. The molecule has 1 aliphatic heterocycles. The van der Waals surface area contributed by atoms with Crippen LogP contribution in [0.15, 0.2) is 48.5 Å². The smallest absolute Gasteiger partial charge is 0.234 e. The first kappa shape index (κ1) is 17.8. The molecule has 0 spiro atoms. The standard InChI is InChI=1S/C20H21N3O3S/c1-23(12-20-22-15-6-2-5-9-18(15)27-20)11-19(24)21-10-14-13-25-16-7-3-4-8-17(16)26-14/h2-9,14H,10-13H2,1H3,(H,21,24). The summed E-state index contributed by atoms with van der Waals surface area (Å²) in [5.41, 5.74) is 1.00. The van der Waals surface area contributed by atoms with Crippen LogP contribution in [-0.2, 0) is 11.3 Å². The van der Waals surface area contributed by atoms with Crippen LogP contribution in [0.25, 0.3) is 10.2 Å². The van der Waals surface area contributed by atoms with E-state index < -0.39 is 0 Å². The number of carbonyl (C=O) groups excluding carboxylic acids is 1. The van der Waals surface area contributed by atoms with E-state index in [1.807, 2.05) is 54.4 Å². The maximum atomic E-state index is 12.2. The molecule has 1 unspecified atom stereocenters. The zero-order valence-corrected chi connectivity index (χ0v) is 15.9. The number of nitrogens with one attached hydrogen (secondary N) is 1. The monoisotopic (exact) mass is 383 g/mol. The maximum absolute atomic E-state index is 12.2. The molecule has 0 saturated heterocycles. The van der Waals surface area contributed by atoms with Gasteiger partial charge in [0.15, 0.2) is 11.5 Å². The zero-order chi connectivity index (χ0) is 18.6. The third kappa shape index (κ3) is 4.37. The van der Waals surface area contributed by atoms with E-state index in [9.17, 15) is 4.79 Å². The number of nitrogens with zero attached hydrogens (tertiary/aromatic N) is 2. The van der Waals surface area contributed by atoms with Gasteiger partial charge in [0.05, 0.1) is 29.9 Å². The van der Waals surface area contributed by atoms with Crippen molar-refractivity contribution in [2.24, 2.45) is 0 Å². The van der Waals surface area contributed by atoms with Crippen LogP contribution >= 0.6 is 11.3 Å². The fourth-order valence-electron chi connectivity index (χ4n) is 2.97. The van der Waals surface area contributed by atoms with Crippen molar-refractivity contribution in [3.05, 3.63) is 53.5 Å². The first-order chi connectivity index (χ1) is 13.2. The molecule has 2 aromatic carbocycles. The third-order valence-electron chi connectivity index (χ3n) is 4.25. The van der Waals surface area contributed by atoms with Crippen molar-refractivity contribution in [2.45, 2.75) is 12.6 Å². The Kier molecular flexibility index (Phi) is 5.22. The average molecular weight is 383 g/mol. The molecule has 1 aliphatic rings. The summed E-state index contributed by atoms with van der Waals surface area (Å²) in [6, 6.07) is 15.6. The number of benzene rings is 2. The normalized spacial score (nSPS) is 15.9. The summed E-state index contributed by atoms with van der Waals surface area (Å²) in [5, 5.41) is 3.93. The number of ether oxygens (including phenoxy) is 2. The molecule has 7 heteroatoms. The largest absolute Gasteiger partial charge is 0.486 e. The Morgan fingerprint density at radius 1 is 1.22 bits per heavy atom. The van der Waals surface area contributed by atoms with E-state index in [1.54, 1.807) is 11.3 Å². The number of carbonyl (C=O) groups is 1. The SMILES string of the molecule is CN(CC(=O)NCC1COc2ccccc2O1)Cc1nc2ccccc2s1. The minimum Gasteiger partial charge on any atom is -0.486 e. The van der Waals surface area contributed by atoms with E-state index in [1.165, 1.54) is 4.70 Å². The summed E-state index contributed by atoms with van der Waals surface area (Å²) in [4.78, 5) is 18.8. The van der Waals surface area contributed by atoms with Gasteiger partial charge in [-0.1, -0.05) is 24.3 Å². The topological polar surface area (TPSA) is 63.7 Å². The Hall–Kier alpha value is -2.64.